The molecule has 1 heterocycles. The van der Waals surface area contributed by atoms with Crippen molar-refractivity contribution in [2.24, 2.45) is 5.73 Å². The normalized spacial score (nSPS) is 13.5. The summed E-state index contributed by atoms with van der Waals surface area (Å²) in [4.78, 5) is 0.921. The van der Waals surface area contributed by atoms with Gasteiger partial charge >= 0.3 is 0 Å². The van der Waals surface area contributed by atoms with Gasteiger partial charge in [-0.2, -0.15) is 0 Å². The average Bonchev–Trinajstić information content (AvgIpc) is 2.32. The Hall–Kier alpha value is 0.100. The number of aliphatic hydroxyl groups is 1. The van der Waals surface area contributed by atoms with Crippen LogP contribution in [0.1, 0.15) is 16.5 Å². The molecular weight excluding hydrogens is 226 g/mol. The lowest BCUT2D eigenvalue weighted by Crippen LogP contribution is -2.10. The van der Waals surface area contributed by atoms with Gasteiger partial charge in [0.25, 0.3) is 0 Å². The van der Waals surface area contributed by atoms with Gasteiger partial charge in [0, 0.05) is 15.9 Å². The zero-order valence-electron chi connectivity index (χ0n) is 6.17. The zero-order chi connectivity index (χ0) is 8.43. The van der Waals surface area contributed by atoms with E-state index in [4.69, 9.17) is 5.73 Å². The van der Waals surface area contributed by atoms with Crippen LogP contribution in [0.25, 0.3) is 0 Å². The van der Waals surface area contributed by atoms with Crippen LogP contribution in [0.2, 0.25) is 0 Å². The lowest BCUT2D eigenvalue weighted by molar-refractivity contribution is 0.190. The van der Waals surface area contributed by atoms with Gasteiger partial charge in [-0.05, 0) is 33.8 Å². The molecule has 11 heavy (non-hydrogen) atoms. The van der Waals surface area contributed by atoms with Crippen molar-refractivity contribution in [2.45, 2.75) is 13.0 Å². The van der Waals surface area contributed by atoms with E-state index >= 15 is 0 Å². The van der Waals surface area contributed by atoms with Crippen molar-refractivity contribution in [3.05, 3.63) is 20.3 Å². The van der Waals surface area contributed by atoms with Crippen LogP contribution in [0.15, 0.2) is 9.85 Å². The third-order valence-electron chi connectivity index (χ3n) is 1.45. The molecule has 0 fully saturated rings. The molecule has 0 amide bonds. The molecule has 0 saturated carbocycles. The first-order valence-corrected chi connectivity index (χ1v) is 4.95. The molecule has 4 heteroatoms. The number of halogens is 1. The molecule has 0 aliphatic heterocycles. The standard InChI is InChI=1S/C7H10BrNOS/c1-4-3-11-7(6(4)8)5(10)2-9/h3,5,10H,2,9H2,1H3. The van der Waals surface area contributed by atoms with Crippen LogP contribution < -0.4 is 5.73 Å². The predicted octanol–water partition coefficient (Wildman–Crippen LogP) is 1.81. The van der Waals surface area contributed by atoms with Crippen LogP contribution in [-0.4, -0.2) is 11.7 Å². The maximum atomic E-state index is 9.38. The number of rotatable bonds is 2. The fourth-order valence-corrected chi connectivity index (χ4v) is 2.53. The summed E-state index contributed by atoms with van der Waals surface area (Å²) in [6.07, 6.45) is -0.525. The Kier molecular flexibility index (Phi) is 3.06. The van der Waals surface area contributed by atoms with Gasteiger partial charge < -0.3 is 10.8 Å². The largest absolute Gasteiger partial charge is 0.386 e. The molecule has 1 rings (SSSR count). The van der Waals surface area contributed by atoms with E-state index in [-0.39, 0.29) is 6.54 Å². The molecule has 0 aliphatic rings. The lowest BCUT2D eigenvalue weighted by Gasteiger charge is -2.04. The second-order valence-corrected chi connectivity index (χ2v) is 4.05. The Morgan fingerprint density at radius 3 is 2.82 bits per heavy atom. The third-order valence-corrected chi connectivity index (χ3v) is 3.97. The molecule has 0 bridgehead atoms. The highest BCUT2D eigenvalue weighted by atomic mass is 79.9. The molecule has 1 aromatic rings. The van der Waals surface area contributed by atoms with E-state index in [2.05, 4.69) is 15.9 Å². The summed E-state index contributed by atoms with van der Waals surface area (Å²) in [5.41, 5.74) is 6.47. The first kappa shape index (κ1) is 9.19. The van der Waals surface area contributed by atoms with E-state index in [1.54, 1.807) is 0 Å². The van der Waals surface area contributed by atoms with Crippen LogP contribution in [0, 0.1) is 6.92 Å². The van der Waals surface area contributed by atoms with Crippen molar-refractivity contribution in [2.75, 3.05) is 6.54 Å². The Balaban J connectivity index is 2.94. The van der Waals surface area contributed by atoms with Crippen LogP contribution >= 0.6 is 27.3 Å². The molecule has 0 saturated heterocycles. The average molecular weight is 236 g/mol. The highest BCUT2D eigenvalue weighted by molar-refractivity contribution is 9.10. The second kappa shape index (κ2) is 3.67. The van der Waals surface area contributed by atoms with Gasteiger partial charge in [0.15, 0.2) is 0 Å². The van der Waals surface area contributed by atoms with Crippen molar-refractivity contribution in [3.8, 4) is 0 Å². The van der Waals surface area contributed by atoms with E-state index in [0.29, 0.717) is 0 Å². The third kappa shape index (κ3) is 1.82. The van der Waals surface area contributed by atoms with Crippen molar-refractivity contribution in [3.63, 3.8) is 0 Å². The maximum Gasteiger partial charge on any atom is 0.101 e. The highest BCUT2D eigenvalue weighted by Crippen LogP contribution is 2.31. The van der Waals surface area contributed by atoms with Crippen LogP contribution in [0.5, 0.6) is 0 Å². The topological polar surface area (TPSA) is 46.2 Å². The molecule has 1 unspecified atom stereocenters. The molecule has 2 nitrogen and oxygen atoms in total. The van der Waals surface area contributed by atoms with Crippen LogP contribution in [0.3, 0.4) is 0 Å². The molecule has 0 radical (unpaired) electrons. The van der Waals surface area contributed by atoms with E-state index in [1.165, 1.54) is 11.3 Å². The van der Waals surface area contributed by atoms with Gasteiger partial charge in [0.05, 0.1) is 0 Å². The van der Waals surface area contributed by atoms with Crippen LogP contribution in [0.4, 0.5) is 0 Å². The minimum atomic E-state index is -0.525. The van der Waals surface area contributed by atoms with Gasteiger partial charge in [-0.15, -0.1) is 11.3 Å². The van der Waals surface area contributed by atoms with Gasteiger partial charge in [-0.3, -0.25) is 0 Å². The summed E-state index contributed by atoms with van der Waals surface area (Å²) in [5, 5.41) is 11.4. The summed E-state index contributed by atoms with van der Waals surface area (Å²) in [5.74, 6) is 0. The van der Waals surface area contributed by atoms with E-state index in [9.17, 15) is 5.11 Å². The Morgan fingerprint density at radius 2 is 2.45 bits per heavy atom. The second-order valence-electron chi connectivity index (χ2n) is 2.35. The van der Waals surface area contributed by atoms with Gasteiger partial charge in [0.1, 0.15) is 6.10 Å². The summed E-state index contributed by atoms with van der Waals surface area (Å²) in [6.45, 7) is 2.27. The number of nitrogens with two attached hydrogens (primary N) is 1. The summed E-state index contributed by atoms with van der Waals surface area (Å²) in [6, 6.07) is 0. The number of thiophene rings is 1. The van der Waals surface area contributed by atoms with E-state index in [1.807, 2.05) is 12.3 Å². The fourth-order valence-electron chi connectivity index (χ4n) is 0.782. The number of hydrogen-bond acceptors (Lipinski definition) is 3. The first-order valence-electron chi connectivity index (χ1n) is 3.28. The maximum absolute atomic E-state index is 9.38. The molecule has 0 spiro atoms. The zero-order valence-corrected chi connectivity index (χ0v) is 8.58. The minimum Gasteiger partial charge on any atom is -0.386 e. The minimum absolute atomic E-state index is 0.276. The van der Waals surface area contributed by atoms with Gasteiger partial charge in [0.2, 0.25) is 0 Å². The molecule has 3 N–H and O–H groups in total. The summed E-state index contributed by atoms with van der Waals surface area (Å²) < 4.78 is 0.987. The molecule has 62 valence electrons. The molecule has 1 atom stereocenters. The number of hydrogen-bond donors (Lipinski definition) is 2. The summed E-state index contributed by atoms with van der Waals surface area (Å²) >= 11 is 4.92. The van der Waals surface area contributed by atoms with E-state index < -0.39 is 6.10 Å². The Labute approximate surface area is 78.2 Å². The van der Waals surface area contributed by atoms with Gasteiger partial charge in [-0.1, -0.05) is 0 Å². The SMILES string of the molecule is Cc1csc(C(O)CN)c1Br. The monoisotopic (exact) mass is 235 g/mol. The first-order chi connectivity index (χ1) is 5.16. The van der Waals surface area contributed by atoms with Crippen molar-refractivity contribution < 1.29 is 5.11 Å². The number of aryl methyl sites for hydroxylation is 1. The fraction of sp³-hybridized carbons (Fsp3) is 0.429. The van der Waals surface area contributed by atoms with Crippen molar-refractivity contribution in [1.82, 2.24) is 0 Å². The highest BCUT2D eigenvalue weighted by Gasteiger charge is 2.12. The molecule has 0 aromatic carbocycles. The Morgan fingerprint density at radius 1 is 1.82 bits per heavy atom. The summed E-state index contributed by atoms with van der Waals surface area (Å²) in [7, 11) is 0. The Bertz CT molecular complexity index is 249. The quantitative estimate of drug-likeness (QED) is 0.822. The molecular formula is C7H10BrNOS. The van der Waals surface area contributed by atoms with Crippen LogP contribution in [-0.2, 0) is 0 Å². The molecule has 0 aliphatic carbocycles. The van der Waals surface area contributed by atoms with Gasteiger partial charge in [-0.25, -0.2) is 0 Å². The van der Waals surface area contributed by atoms with E-state index in [0.717, 1.165) is 14.9 Å². The van der Waals surface area contributed by atoms with Crippen molar-refractivity contribution >= 4 is 27.3 Å². The van der Waals surface area contributed by atoms with Crippen molar-refractivity contribution in [1.29, 1.82) is 0 Å². The predicted molar refractivity (Wildman–Crippen MR) is 50.8 cm³/mol. The molecule has 1 aromatic heterocycles. The smallest absolute Gasteiger partial charge is 0.101 e. The number of aliphatic hydroxyl groups excluding tert-OH is 1. The lowest BCUT2D eigenvalue weighted by atomic mass is 10.2.